The zero-order valence-corrected chi connectivity index (χ0v) is 11.6. The van der Waals surface area contributed by atoms with Crippen LogP contribution in [0.2, 0.25) is 0 Å². The molecule has 1 aliphatic heterocycles. The lowest BCUT2D eigenvalue weighted by molar-refractivity contribution is -0.385. The topological polar surface area (TPSA) is 75.8 Å². The molecule has 1 unspecified atom stereocenters. The van der Waals surface area contributed by atoms with E-state index in [-0.39, 0.29) is 12.3 Å². The number of nitro groups is 1. The number of ether oxygens (including phenoxy) is 1. The summed E-state index contributed by atoms with van der Waals surface area (Å²) in [5, 5.41) is 20.1. The molecule has 0 spiro atoms. The Bertz CT molecular complexity index is 478. The summed E-state index contributed by atoms with van der Waals surface area (Å²) in [4.78, 5) is 12.7. The minimum Gasteiger partial charge on any atom is -0.496 e. The van der Waals surface area contributed by atoms with Crippen molar-refractivity contribution in [3.05, 3.63) is 33.9 Å². The minimum atomic E-state index is -0.393. The van der Waals surface area contributed by atoms with E-state index >= 15 is 0 Å². The number of likely N-dealkylation sites (tertiary alicyclic amines) is 1. The molecule has 1 N–H and O–H groups in total. The SMILES string of the molecule is COc1ccc([N+](=O)[O-])cc1CN1CCCC(CO)C1. The highest BCUT2D eigenvalue weighted by molar-refractivity contribution is 5.43. The van der Waals surface area contributed by atoms with E-state index in [2.05, 4.69) is 4.90 Å². The summed E-state index contributed by atoms with van der Waals surface area (Å²) in [6.07, 6.45) is 2.08. The van der Waals surface area contributed by atoms with Crippen LogP contribution < -0.4 is 4.74 Å². The third-order valence-electron chi connectivity index (χ3n) is 3.73. The second-order valence-electron chi connectivity index (χ2n) is 5.18. The summed E-state index contributed by atoms with van der Waals surface area (Å²) >= 11 is 0. The van der Waals surface area contributed by atoms with E-state index in [9.17, 15) is 15.2 Å². The second-order valence-corrected chi connectivity index (χ2v) is 5.18. The van der Waals surface area contributed by atoms with Crippen LogP contribution in [0.5, 0.6) is 5.75 Å². The monoisotopic (exact) mass is 280 g/mol. The summed E-state index contributed by atoms with van der Waals surface area (Å²) < 4.78 is 5.28. The van der Waals surface area contributed by atoms with Crippen molar-refractivity contribution in [3.8, 4) is 5.75 Å². The second kappa shape index (κ2) is 6.67. The fourth-order valence-corrected chi connectivity index (χ4v) is 2.69. The largest absolute Gasteiger partial charge is 0.496 e. The predicted molar refractivity (Wildman–Crippen MR) is 74.7 cm³/mol. The van der Waals surface area contributed by atoms with Gasteiger partial charge >= 0.3 is 0 Å². The summed E-state index contributed by atoms with van der Waals surface area (Å²) in [5.74, 6) is 0.968. The summed E-state index contributed by atoms with van der Waals surface area (Å²) in [7, 11) is 1.57. The van der Waals surface area contributed by atoms with Gasteiger partial charge in [-0.3, -0.25) is 15.0 Å². The van der Waals surface area contributed by atoms with Gasteiger partial charge in [-0.15, -0.1) is 0 Å². The number of aliphatic hydroxyl groups excluding tert-OH is 1. The van der Waals surface area contributed by atoms with Gasteiger partial charge in [0.15, 0.2) is 0 Å². The van der Waals surface area contributed by atoms with Crippen LogP contribution in [-0.2, 0) is 6.54 Å². The first-order valence-electron chi connectivity index (χ1n) is 6.78. The van der Waals surface area contributed by atoms with Crippen LogP contribution in [0.4, 0.5) is 5.69 Å². The van der Waals surface area contributed by atoms with Gasteiger partial charge in [-0.2, -0.15) is 0 Å². The Morgan fingerprint density at radius 3 is 3.00 bits per heavy atom. The molecular weight excluding hydrogens is 260 g/mol. The highest BCUT2D eigenvalue weighted by atomic mass is 16.6. The average molecular weight is 280 g/mol. The van der Waals surface area contributed by atoms with Crippen LogP contribution in [0.25, 0.3) is 0 Å². The Morgan fingerprint density at radius 2 is 2.35 bits per heavy atom. The maximum absolute atomic E-state index is 10.9. The van der Waals surface area contributed by atoms with Crippen molar-refractivity contribution in [1.82, 2.24) is 4.90 Å². The van der Waals surface area contributed by atoms with E-state index in [0.717, 1.165) is 31.5 Å². The van der Waals surface area contributed by atoms with Crippen molar-refractivity contribution >= 4 is 5.69 Å². The van der Waals surface area contributed by atoms with Crippen LogP contribution in [-0.4, -0.2) is 41.7 Å². The Hall–Kier alpha value is -1.66. The molecule has 0 aromatic heterocycles. The quantitative estimate of drug-likeness (QED) is 0.657. The van der Waals surface area contributed by atoms with E-state index in [0.29, 0.717) is 18.2 Å². The fourth-order valence-electron chi connectivity index (χ4n) is 2.69. The third kappa shape index (κ3) is 3.46. The van der Waals surface area contributed by atoms with Crippen LogP contribution in [0.3, 0.4) is 0 Å². The Morgan fingerprint density at radius 1 is 1.55 bits per heavy atom. The van der Waals surface area contributed by atoms with Gasteiger partial charge in [-0.1, -0.05) is 0 Å². The molecule has 0 amide bonds. The molecule has 1 fully saturated rings. The van der Waals surface area contributed by atoms with Crippen LogP contribution >= 0.6 is 0 Å². The van der Waals surface area contributed by atoms with Crippen molar-refractivity contribution in [2.75, 3.05) is 26.8 Å². The molecule has 1 aliphatic rings. The Kier molecular flexibility index (Phi) is 4.92. The molecule has 110 valence electrons. The number of piperidine rings is 1. The van der Waals surface area contributed by atoms with Crippen molar-refractivity contribution in [2.24, 2.45) is 5.92 Å². The molecule has 0 aliphatic carbocycles. The van der Waals surface area contributed by atoms with Gasteiger partial charge in [0.1, 0.15) is 5.75 Å². The molecule has 2 rings (SSSR count). The number of methoxy groups -OCH3 is 1. The van der Waals surface area contributed by atoms with E-state index in [1.54, 1.807) is 19.2 Å². The molecule has 1 atom stereocenters. The number of rotatable bonds is 5. The smallest absolute Gasteiger partial charge is 0.270 e. The molecule has 1 saturated heterocycles. The number of benzene rings is 1. The predicted octanol–water partition coefficient (Wildman–Crippen LogP) is 1.81. The highest BCUT2D eigenvalue weighted by Crippen LogP contribution is 2.27. The Balaban J connectivity index is 2.14. The first-order chi connectivity index (χ1) is 9.63. The number of non-ortho nitro benzene ring substituents is 1. The number of nitrogens with zero attached hydrogens (tertiary/aromatic N) is 2. The lowest BCUT2D eigenvalue weighted by Gasteiger charge is -2.32. The van der Waals surface area contributed by atoms with Crippen molar-refractivity contribution in [2.45, 2.75) is 19.4 Å². The van der Waals surface area contributed by atoms with E-state index < -0.39 is 4.92 Å². The van der Waals surface area contributed by atoms with Gasteiger partial charge in [-0.25, -0.2) is 0 Å². The number of nitro benzene ring substituents is 1. The van der Waals surface area contributed by atoms with E-state index in [4.69, 9.17) is 4.74 Å². The minimum absolute atomic E-state index is 0.0801. The third-order valence-corrected chi connectivity index (χ3v) is 3.73. The molecule has 1 aromatic rings. The van der Waals surface area contributed by atoms with Gasteiger partial charge in [-0.05, 0) is 31.4 Å². The van der Waals surface area contributed by atoms with Crippen LogP contribution in [0.15, 0.2) is 18.2 Å². The van der Waals surface area contributed by atoms with Gasteiger partial charge in [0.2, 0.25) is 0 Å². The summed E-state index contributed by atoms with van der Waals surface area (Å²) in [6.45, 7) is 2.58. The summed E-state index contributed by atoms with van der Waals surface area (Å²) in [6, 6.07) is 4.66. The first kappa shape index (κ1) is 14.7. The van der Waals surface area contributed by atoms with Gasteiger partial charge in [0.25, 0.3) is 5.69 Å². The number of aliphatic hydroxyl groups is 1. The number of hydrogen-bond donors (Lipinski definition) is 1. The zero-order valence-electron chi connectivity index (χ0n) is 11.6. The molecule has 0 saturated carbocycles. The standard InChI is InChI=1S/C14H20N2O4/c1-20-14-5-4-13(16(18)19)7-12(14)9-15-6-2-3-11(8-15)10-17/h4-5,7,11,17H,2-3,6,8-10H2,1H3. The molecule has 0 bridgehead atoms. The van der Waals surface area contributed by atoms with Crippen molar-refractivity contribution in [3.63, 3.8) is 0 Å². The molecule has 6 nitrogen and oxygen atoms in total. The average Bonchev–Trinajstić information content (AvgIpc) is 2.47. The normalized spacial score (nSPS) is 19.8. The zero-order chi connectivity index (χ0) is 14.5. The molecule has 20 heavy (non-hydrogen) atoms. The highest BCUT2D eigenvalue weighted by Gasteiger charge is 2.21. The summed E-state index contributed by atoms with van der Waals surface area (Å²) in [5.41, 5.74) is 0.900. The number of hydrogen-bond acceptors (Lipinski definition) is 5. The molecule has 1 aromatic carbocycles. The van der Waals surface area contributed by atoms with Crippen molar-refractivity contribution in [1.29, 1.82) is 0 Å². The van der Waals surface area contributed by atoms with Crippen molar-refractivity contribution < 1.29 is 14.8 Å². The lowest BCUT2D eigenvalue weighted by Crippen LogP contribution is -2.36. The van der Waals surface area contributed by atoms with Gasteiger partial charge in [0, 0.05) is 37.4 Å². The molecule has 6 heteroatoms. The molecule has 1 heterocycles. The van der Waals surface area contributed by atoms with Gasteiger partial charge in [0.05, 0.1) is 12.0 Å². The van der Waals surface area contributed by atoms with Gasteiger partial charge < -0.3 is 9.84 Å². The van der Waals surface area contributed by atoms with Crippen LogP contribution in [0, 0.1) is 16.0 Å². The fraction of sp³-hybridized carbons (Fsp3) is 0.571. The molecular formula is C14H20N2O4. The first-order valence-corrected chi connectivity index (χ1v) is 6.78. The Labute approximate surface area is 118 Å². The maximum atomic E-state index is 10.9. The van der Waals surface area contributed by atoms with Crippen LogP contribution in [0.1, 0.15) is 18.4 Å². The molecule has 0 radical (unpaired) electrons. The van der Waals surface area contributed by atoms with E-state index in [1.807, 2.05) is 0 Å². The lowest BCUT2D eigenvalue weighted by atomic mass is 9.98. The van der Waals surface area contributed by atoms with E-state index in [1.165, 1.54) is 6.07 Å². The maximum Gasteiger partial charge on any atom is 0.270 e.